The van der Waals surface area contributed by atoms with Crippen molar-refractivity contribution in [3.05, 3.63) is 52.4 Å². The number of fused-ring (bicyclic) bond motifs is 3. The van der Waals surface area contributed by atoms with Crippen LogP contribution in [0.5, 0.6) is 5.75 Å². The van der Waals surface area contributed by atoms with Crippen LogP contribution in [0, 0.1) is 0 Å². The van der Waals surface area contributed by atoms with Crippen molar-refractivity contribution in [1.29, 1.82) is 0 Å². The minimum atomic E-state index is -3.10. The van der Waals surface area contributed by atoms with E-state index in [2.05, 4.69) is 14.7 Å². The summed E-state index contributed by atoms with van der Waals surface area (Å²) < 4.78 is 32.0. The van der Waals surface area contributed by atoms with Gasteiger partial charge in [-0.25, -0.2) is 14.8 Å². The smallest absolute Gasteiger partial charge is 0.387 e. The van der Waals surface area contributed by atoms with Crippen LogP contribution in [0.15, 0.2) is 30.3 Å². The zero-order valence-electron chi connectivity index (χ0n) is 14.1. The highest BCUT2D eigenvalue weighted by Gasteiger charge is 2.37. The van der Waals surface area contributed by atoms with E-state index >= 15 is 0 Å². The molecule has 28 heavy (non-hydrogen) atoms. The average molecular weight is 431 g/mol. The van der Waals surface area contributed by atoms with Crippen molar-refractivity contribution in [3.63, 3.8) is 0 Å². The Kier molecular flexibility index (Phi) is 5.42. The molecule has 2 aromatic heterocycles. The van der Waals surface area contributed by atoms with Gasteiger partial charge >= 0.3 is 12.6 Å². The number of benzene rings is 1. The molecule has 0 spiro atoms. The Morgan fingerprint density at radius 1 is 1.32 bits per heavy atom. The number of imidazole rings is 1. The summed E-state index contributed by atoms with van der Waals surface area (Å²) in [6.45, 7) is -3.10. The zero-order valence-corrected chi connectivity index (χ0v) is 15.6. The Hall–Kier alpha value is -2.49. The molecule has 3 aromatic rings. The molecule has 3 N–H and O–H groups in total. The van der Waals surface area contributed by atoms with E-state index in [1.165, 1.54) is 18.2 Å². The van der Waals surface area contributed by atoms with Crippen molar-refractivity contribution >= 4 is 41.1 Å². The Morgan fingerprint density at radius 3 is 2.75 bits per heavy atom. The highest BCUT2D eigenvalue weighted by molar-refractivity contribution is 6.29. The van der Waals surface area contributed by atoms with Gasteiger partial charge in [0.15, 0.2) is 5.65 Å². The largest absolute Gasteiger partial charge is 0.478 e. The van der Waals surface area contributed by atoms with E-state index in [0.717, 1.165) is 0 Å². The van der Waals surface area contributed by atoms with Gasteiger partial charge in [0, 0.05) is 5.56 Å². The van der Waals surface area contributed by atoms with Gasteiger partial charge in [-0.05, 0) is 30.7 Å². The number of rotatable bonds is 4. The van der Waals surface area contributed by atoms with Crippen LogP contribution in [-0.2, 0) is 0 Å². The lowest BCUT2D eigenvalue weighted by Crippen LogP contribution is -2.16. The lowest BCUT2D eigenvalue weighted by atomic mass is 9.96. The van der Waals surface area contributed by atoms with Crippen molar-refractivity contribution in [2.24, 2.45) is 5.73 Å². The van der Waals surface area contributed by atoms with Crippen molar-refractivity contribution in [2.75, 3.05) is 0 Å². The zero-order chi connectivity index (χ0) is 19.3. The van der Waals surface area contributed by atoms with E-state index in [4.69, 9.17) is 17.3 Å². The van der Waals surface area contributed by atoms with Crippen LogP contribution in [0.2, 0.25) is 5.15 Å². The summed E-state index contributed by atoms with van der Waals surface area (Å²) >= 11 is 5.99. The van der Waals surface area contributed by atoms with E-state index in [-0.39, 0.29) is 40.9 Å². The average Bonchev–Trinajstić information content (AvgIpc) is 3.12. The first-order chi connectivity index (χ1) is 12.9. The molecule has 4 rings (SSSR count). The van der Waals surface area contributed by atoms with Gasteiger partial charge in [0.1, 0.15) is 22.2 Å². The Balaban J connectivity index is 0.00000225. The normalized spacial score (nSPS) is 18.2. The number of carboxylic acid groups (broad SMARTS) is 1. The predicted octanol–water partition coefficient (Wildman–Crippen LogP) is 3.80. The second kappa shape index (κ2) is 7.50. The summed E-state index contributed by atoms with van der Waals surface area (Å²) in [4.78, 5) is 20.4. The maximum Gasteiger partial charge on any atom is 0.387 e. The highest BCUT2D eigenvalue weighted by Crippen LogP contribution is 2.44. The fraction of sp³-hybridized carbons (Fsp3) is 0.235. The van der Waals surface area contributed by atoms with Crippen LogP contribution in [0.3, 0.4) is 0 Å². The summed E-state index contributed by atoms with van der Waals surface area (Å²) in [6, 6.07) is 6.01. The number of hydrogen-bond acceptors (Lipinski definition) is 5. The van der Waals surface area contributed by atoms with Gasteiger partial charge in [-0.2, -0.15) is 8.78 Å². The fourth-order valence-corrected chi connectivity index (χ4v) is 3.65. The maximum absolute atomic E-state index is 12.9. The number of pyridine rings is 1. The number of alkyl halides is 2. The summed E-state index contributed by atoms with van der Waals surface area (Å²) in [7, 11) is 0. The second-order valence-electron chi connectivity index (χ2n) is 6.08. The third-order valence-electron chi connectivity index (χ3n) is 4.50. The lowest BCUT2D eigenvalue weighted by Gasteiger charge is -2.20. The summed E-state index contributed by atoms with van der Waals surface area (Å²) in [5.74, 6) is -1.01. The number of nitrogens with zero attached hydrogens (tertiary/aromatic N) is 3. The van der Waals surface area contributed by atoms with Crippen LogP contribution in [0.1, 0.15) is 40.3 Å². The Labute approximate surface area is 168 Å². The van der Waals surface area contributed by atoms with Gasteiger partial charge in [-0.3, -0.25) is 0 Å². The highest BCUT2D eigenvalue weighted by atomic mass is 35.5. The standard InChI is InChI=1S/C17H13ClF2N4O3.ClH/c18-12-5-4-9-15(23-12)24-10(6-8(21)14(24)22-9)13-7(16(25)26)2-1-3-11(13)27-17(19)20;/h1-5,8,10,17H,6,21H2,(H,25,26);1H/t8-,10-;/m1./s1. The monoisotopic (exact) mass is 430 g/mol. The molecule has 2 atom stereocenters. The summed E-state index contributed by atoms with van der Waals surface area (Å²) in [6.07, 6.45) is 0.260. The molecule has 0 saturated heterocycles. The minimum Gasteiger partial charge on any atom is -0.478 e. The van der Waals surface area contributed by atoms with Crippen molar-refractivity contribution < 1.29 is 23.4 Å². The molecule has 0 amide bonds. The molecule has 0 unspecified atom stereocenters. The van der Waals surface area contributed by atoms with Crippen LogP contribution in [0.25, 0.3) is 11.2 Å². The topological polar surface area (TPSA) is 103 Å². The molecule has 0 aliphatic carbocycles. The summed E-state index contributed by atoms with van der Waals surface area (Å²) in [5.41, 5.74) is 7.05. The predicted molar refractivity (Wildman–Crippen MR) is 99.5 cm³/mol. The number of halogens is 4. The number of aromatic carboxylic acids is 1. The van der Waals surface area contributed by atoms with Crippen molar-refractivity contribution in [2.45, 2.75) is 25.1 Å². The van der Waals surface area contributed by atoms with Crippen LogP contribution in [-0.4, -0.2) is 32.2 Å². The summed E-state index contributed by atoms with van der Waals surface area (Å²) in [5, 5.41) is 9.79. The molecule has 0 bridgehead atoms. The molecule has 0 saturated carbocycles. The molecule has 148 valence electrons. The molecule has 0 radical (unpaired) electrons. The molecule has 0 fully saturated rings. The van der Waals surface area contributed by atoms with E-state index < -0.39 is 24.7 Å². The number of hydrogen-bond donors (Lipinski definition) is 2. The molecular weight excluding hydrogens is 417 g/mol. The molecule has 1 aliphatic rings. The molecular formula is C17H14Cl2F2N4O3. The SMILES string of the molecule is Cl.N[C@@H]1C[C@H](c2c(OC(F)F)cccc2C(=O)O)n2c1nc1ccc(Cl)nc12. The third kappa shape index (κ3) is 3.25. The van der Waals surface area contributed by atoms with E-state index in [1.807, 2.05) is 0 Å². The number of nitrogens with two attached hydrogens (primary N) is 1. The van der Waals surface area contributed by atoms with Gasteiger partial charge in [-0.1, -0.05) is 17.7 Å². The molecule has 1 aliphatic heterocycles. The van der Waals surface area contributed by atoms with E-state index in [1.54, 1.807) is 16.7 Å². The van der Waals surface area contributed by atoms with Crippen molar-refractivity contribution in [1.82, 2.24) is 14.5 Å². The van der Waals surface area contributed by atoms with Gasteiger partial charge in [0.05, 0.1) is 17.6 Å². The first-order valence-electron chi connectivity index (χ1n) is 7.97. The number of aromatic nitrogens is 3. The van der Waals surface area contributed by atoms with Crippen LogP contribution in [0.4, 0.5) is 8.78 Å². The van der Waals surface area contributed by atoms with Crippen LogP contribution < -0.4 is 10.5 Å². The Bertz CT molecular complexity index is 1060. The lowest BCUT2D eigenvalue weighted by molar-refractivity contribution is -0.0507. The second-order valence-corrected chi connectivity index (χ2v) is 6.46. The first-order valence-corrected chi connectivity index (χ1v) is 8.35. The Morgan fingerprint density at radius 2 is 2.07 bits per heavy atom. The van der Waals surface area contributed by atoms with Crippen LogP contribution >= 0.6 is 24.0 Å². The fourth-order valence-electron chi connectivity index (χ4n) is 3.51. The number of ether oxygens (including phenoxy) is 1. The molecule has 1 aromatic carbocycles. The number of carbonyl (C=O) groups is 1. The first kappa shape index (κ1) is 20.2. The third-order valence-corrected chi connectivity index (χ3v) is 4.71. The quantitative estimate of drug-likeness (QED) is 0.610. The van der Waals surface area contributed by atoms with E-state index in [0.29, 0.717) is 17.0 Å². The van der Waals surface area contributed by atoms with Gasteiger partial charge in [-0.15, -0.1) is 12.4 Å². The molecule has 3 heterocycles. The molecule has 11 heteroatoms. The van der Waals surface area contributed by atoms with Gasteiger partial charge < -0.3 is 20.1 Å². The maximum atomic E-state index is 12.9. The minimum absolute atomic E-state index is 0. The van der Waals surface area contributed by atoms with Crippen molar-refractivity contribution in [3.8, 4) is 5.75 Å². The van der Waals surface area contributed by atoms with E-state index in [9.17, 15) is 18.7 Å². The van der Waals surface area contributed by atoms with Gasteiger partial charge in [0.25, 0.3) is 0 Å². The number of carboxylic acids is 1. The molecule has 7 nitrogen and oxygen atoms in total. The van der Waals surface area contributed by atoms with Gasteiger partial charge in [0.2, 0.25) is 0 Å².